The first-order valence-electron chi connectivity index (χ1n) is 6.96. The Morgan fingerprint density at radius 3 is 2.35 bits per heavy atom. The zero-order valence-electron chi connectivity index (χ0n) is 12.5. The molecule has 1 aromatic heterocycles. The van der Waals surface area contributed by atoms with Gasteiger partial charge in [0.25, 0.3) is 5.56 Å². The summed E-state index contributed by atoms with van der Waals surface area (Å²) >= 11 is 0. The molecule has 0 radical (unpaired) electrons. The molecule has 1 aromatic rings. The van der Waals surface area contributed by atoms with Gasteiger partial charge in [0.15, 0.2) is 0 Å². The SMILES string of the molecule is CN(C)Cc1cn(C2CCCCC2)c(=O)n(C)c1=O.Cl. The zero-order chi connectivity index (χ0) is 14.0. The van der Waals surface area contributed by atoms with E-state index < -0.39 is 0 Å². The van der Waals surface area contributed by atoms with Crippen LogP contribution in [0.25, 0.3) is 0 Å². The van der Waals surface area contributed by atoms with Crippen molar-refractivity contribution in [3.05, 3.63) is 32.6 Å². The summed E-state index contributed by atoms with van der Waals surface area (Å²) in [6.45, 7) is 0.569. The molecular weight excluding hydrogens is 278 g/mol. The van der Waals surface area contributed by atoms with Crippen molar-refractivity contribution in [1.82, 2.24) is 14.0 Å². The Kier molecular flexibility index (Phi) is 6.02. The van der Waals surface area contributed by atoms with E-state index in [0.717, 1.165) is 12.8 Å². The molecule has 0 unspecified atom stereocenters. The second-order valence-electron chi connectivity index (χ2n) is 5.74. The average Bonchev–Trinajstić information content (AvgIpc) is 2.40. The van der Waals surface area contributed by atoms with Crippen molar-refractivity contribution in [2.24, 2.45) is 7.05 Å². The van der Waals surface area contributed by atoms with Crippen molar-refractivity contribution in [2.45, 2.75) is 44.7 Å². The Hall–Kier alpha value is -1.07. The van der Waals surface area contributed by atoms with Crippen LogP contribution in [-0.2, 0) is 13.6 Å². The number of hydrogen-bond acceptors (Lipinski definition) is 3. The molecule has 1 aliphatic carbocycles. The minimum Gasteiger partial charge on any atom is -0.305 e. The van der Waals surface area contributed by atoms with Crippen molar-refractivity contribution >= 4 is 12.4 Å². The van der Waals surface area contributed by atoms with Gasteiger partial charge in [-0.25, -0.2) is 4.79 Å². The average molecular weight is 302 g/mol. The lowest BCUT2D eigenvalue weighted by Gasteiger charge is -2.25. The van der Waals surface area contributed by atoms with Crippen molar-refractivity contribution in [3.8, 4) is 0 Å². The van der Waals surface area contributed by atoms with Crippen LogP contribution in [0, 0.1) is 0 Å². The quantitative estimate of drug-likeness (QED) is 0.851. The van der Waals surface area contributed by atoms with E-state index in [2.05, 4.69) is 0 Å². The predicted octanol–water partition coefficient (Wildman–Crippen LogP) is 1.54. The molecule has 6 heteroatoms. The lowest BCUT2D eigenvalue weighted by atomic mass is 9.95. The highest BCUT2D eigenvalue weighted by atomic mass is 35.5. The Morgan fingerprint density at radius 2 is 1.80 bits per heavy atom. The smallest absolute Gasteiger partial charge is 0.305 e. The highest BCUT2D eigenvalue weighted by Gasteiger charge is 2.19. The van der Waals surface area contributed by atoms with E-state index in [1.165, 1.54) is 23.8 Å². The van der Waals surface area contributed by atoms with Crippen molar-refractivity contribution in [1.29, 1.82) is 0 Å². The molecule has 0 atom stereocenters. The summed E-state index contributed by atoms with van der Waals surface area (Å²) in [5.41, 5.74) is 0.336. The molecular formula is C14H24ClN3O2. The van der Waals surface area contributed by atoms with E-state index in [-0.39, 0.29) is 29.7 Å². The molecule has 0 amide bonds. The van der Waals surface area contributed by atoms with Gasteiger partial charge in [-0.15, -0.1) is 12.4 Å². The molecule has 1 fully saturated rings. The van der Waals surface area contributed by atoms with Gasteiger partial charge in [0.05, 0.1) is 0 Å². The highest BCUT2D eigenvalue weighted by Crippen LogP contribution is 2.26. The Balaban J connectivity index is 0.00000200. The highest BCUT2D eigenvalue weighted by molar-refractivity contribution is 5.85. The van der Waals surface area contributed by atoms with Crippen LogP contribution >= 0.6 is 12.4 Å². The van der Waals surface area contributed by atoms with Gasteiger partial charge in [0.1, 0.15) is 0 Å². The van der Waals surface area contributed by atoms with Gasteiger partial charge in [-0.2, -0.15) is 0 Å². The summed E-state index contributed by atoms with van der Waals surface area (Å²) in [5, 5.41) is 0. The maximum Gasteiger partial charge on any atom is 0.330 e. The molecule has 0 bridgehead atoms. The van der Waals surface area contributed by atoms with Gasteiger partial charge < -0.3 is 4.90 Å². The molecule has 20 heavy (non-hydrogen) atoms. The van der Waals surface area contributed by atoms with E-state index in [9.17, 15) is 9.59 Å². The van der Waals surface area contributed by atoms with Gasteiger partial charge >= 0.3 is 5.69 Å². The first-order valence-corrected chi connectivity index (χ1v) is 6.96. The Labute approximate surface area is 125 Å². The third-order valence-electron chi connectivity index (χ3n) is 3.84. The Morgan fingerprint density at radius 1 is 1.20 bits per heavy atom. The standard InChI is InChI=1S/C14H23N3O2.ClH/c1-15(2)9-11-10-17(12-7-5-4-6-8-12)14(19)16(3)13(11)18;/h10,12H,4-9H2,1-3H3;1H. The third kappa shape index (κ3) is 3.52. The Bertz CT molecular complexity index is 557. The van der Waals surface area contributed by atoms with Gasteiger partial charge in [-0.05, 0) is 26.9 Å². The summed E-state index contributed by atoms with van der Waals surface area (Å²) in [5.74, 6) is 0. The topological polar surface area (TPSA) is 47.2 Å². The summed E-state index contributed by atoms with van der Waals surface area (Å²) in [4.78, 5) is 26.3. The van der Waals surface area contributed by atoms with Crippen LogP contribution in [0.1, 0.15) is 43.7 Å². The third-order valence-corrected chi connectivity index (χ3v) is 3.84. The van der Waals surface area contributed by atoms with E-state index in [1.807, 2.05) is 19.0 Å². The predicted molar refractivity (Wildman–Crippen MR) is 82.7 cm³/mol. The summed E-state index contributed by atoms with van der Waals surface area (Å²) in [7, 11) is 5.42. The second kappa shape index (κ2) is 7.09. The molecule has 5 nitrogen and oxygen atoms in total. The van der Waals surface area contributed by atoms with Crippen LogP contribution in [0.5, 0.6) is 0 Å². The fourth-order valence-corrected chi connectivity index (χ4v) is 2.82. The van der Waals surface area contributed by atoms with Crippen molar-refractivity contribution in [2.75, 3.05) is 14.1 Å². The molecule has 2 rings (SSSR count). The fraction of sp³-hybridized carbons (Fsp3) is 0.714. The monoisotopic (exact) mass is 301 g/mol. The van der Waals surface area contributed by atoms with Crippen LogP contribution in [-0.4, -0.2) is 28.1 Å². The van der Waals surface area contributed by atoms with Crippen LogP contribution in [0.2, 0.25) is 0 Å². The first kappa shape index (κ1) is 17.0. The lowest BCUT2D eigenvalue weighted by molar-refractivity contribution is 0.331. The van der Waals surface area contributed by atoms with Crippen LogP contribution < -0.4 is 11.2 Å². The first-order chi connectivity index (χ1) is 9.00. The van der Waals surface area contributed by atoms with Crippen molar-refractivity contribution in [3.63, 3.8) is 0 Å². The van der Waals surface area contributed by atoms with Crippen molar-refractivity contribution < 1.29 is 0 Å². The lowest BCUT2D eigenvalue weighted by Crippen LogP contribution is -2.42. The van der Waals surface area contributed by atoms with E-state index in [4.69, 9.17) is 0 Å². The van der Waals surface area contributed by atoms with Gasteiger partial charge in [0, 0.05) is 31.4 Å². The molecule has 0 N–H and O–H groups in total. The van der Waals surface area contributed by atoms with Gasteiger partial charge in [0.2, 0.25) is 0 Å². The number of nitrogens with zero attached hydrogens (tertiary/aromatic N) is 3. The summed E-state index contributed by atoms with van der Waals surface area (Å²) < 4.78 is 3.02. The second-order valence-corrected chi connectivity index (χ2v) is 5.74. The van der Waals surface area contributed by atoms with Gasteiger partial charge in [-0.1, -0.05) is 19.3 Å². The maximum atomic E-state index is 12.2. The number of halogens is 1. The molecule has 0 aliphatic heterocycles. The normalized spacial score (nSPS) is 16.2. The molecule has 0 aromatic carbocycles. The van der Waals surface area contributed by atoms with E-state index in [1.54, 1.807) is 17.8 Å². The molecule has 1 aliphatic rings. The molecule has 1 heterocycles. The fourth-order valence-electron chi connectivity index (χ4n) is 2.82. The number of hydrogen-bond donors (Lipinski definition) is 0. The van der Waals surface area contributed by atoms with Gasteiger partial charge in [-0.3, -0.25) is 13.9 Å². The number of rotatable bonds is 3. The van der Waals surface area contributed by atoms with E-state index >= 15 is 0 Å². The van der Waals surface area contributed by atoms with Crippen LogP contribution in [0.15, 0.2) is 15.8 Å². The molecule has 0 saturated heterocycles. The minimum atomic E-state index is -0.181. The molecule has 114 valence electrons. The zero-order valence-corrected chi connectivity index (χ0v) is 13.3. The largest absolute Gasteiger partial charge is 0.330 e. The van der Waals surface area contributed by atoms with E-state index in [0.29, 0.717) is 12.1 Å². The van der Waals surface area contributed by atoms with Crippen LogP contribution in [0.4, 0.5) is 0 Å². The molecule has 0 spiro atoms. The minimum absolute atomic E-state index is 0. The summed E-state index contributed by atoms with van der Waals surface area (Å²) in [6.07, 6.45) is 7.45. The van der Waals surface area contributed by atoms with Crippen LogP contribution in [0.3, 0.4) is 0 Å². The summed E-state index contributed by atoms with van der Waals surface area (Å²) in [6, 6.07) is 0.258. The number of aromatic nitrogens is 2. The molecule has 1 saturated carbocycles. The maximum absolute atomic E-state index is 12.2.